The van der Waals surface area contributed by atoms with Crippen molar-refractivity contribution < 1.29 is 4.79 Å². The molecule has 2 rings (SSSR count). The van der Waals surface area contributed by atoms with Gasteiger partial charge in [0.15, 0.2) is 0 Å². The van der Waals surface area contributed by atoms with Crippen molar-refractivity contribution in [1.29, 1.82) is 0 Å². The summed E-state index contributed by atoms with van der Waals surface area (Å²) in [6.07, 6.45) is 6.42. The maximum Gasteiger partial charge on any atom is 0.251 e. The molecule has 0 saturated heterocycles. The van der Waals surface area contributed by atoms with Crippen molar-refractivity contribution in [3.63, 3.8) is 0 Å². The molecule has 0 atom stereocenters. The van der Waals surface area contributed by atoms with E-state index in [9.17, 15) is 4.79 Å². The van der Waals surface area contributed by atoms with Crippen molar-refractivity contribution >= 4 is 24.0 Å². The van der Waals surface area contributed by atoms with Gasteiger partial charge >= 0.3 is 0 Å². The van der Waals surface area contributed by atoms with Gasteiger partial charge in [0, 0.05) is 17.8 Å². The Morgan fingerprint density at radius 3 is 2.50 bits per heavy atom. The summed E-state index contributed by atoms with van der Waals surface area (Å²) in [5.41, 5.74) is 6.98. The Morgan fingerprint density at radius 2 is 1.90 bits per heavy atom. The van der Waals surface area contributed by atoms with Gasteiger partial charge in [-0.1, -0.05) is 32.3 Å². The predicted octanol–water partition coefficient (Wildman–Crippen LogP) is 3.64. The van der Waals surface area contributed by atoms with Crippen LogP contribution in [0.15, 0.2) is 24.3 Å². The summed E-state index contributed by atoms with van der Waals surface area (Å²) in [6, 6.07) is 7.14. The Hall–Kier alpha value is -1.22. The summed E-state index contributed by atoms with van der Waals surface area (Å²) in [4.78, 5) is 12.0. The van der Waals surface area contributed by atoms with Crippen molar-refractivity contribution in [1.82, 2.24) is 5.32 Å². The molecule has 1 amide bonds. The van der Waals surface area contributed by atoms with Crippen molar-refractivity contribution in [3.05, 3.63) is 29.8 Å². The van der Waals surface area contributed by atoms with Crippen LogP contribution in [-0.2, 0) is 0 Å². The molecule has 3 nitrogen and oxygen atoms in total. The highest BCUT2D eigenvalue weighted by molar-refractivity contribution is 5.94. The molecule has 0 unspecified atom stereocenters. The van der Waals surface area contributed by atoms with Gasteiger partial charge in [0.2, 0.25) is 0 Å². The molecule has 112 valence electrons. The smallest absolute Gasteiger partial charge is 0.251 e. The lowest BCUT2D eigenvalue weighted by atomic mass is 9.81. The van der Waals surface area contributed by atoms with Crippen molar-refractivity contribution in [3.8, 4) is 0 Å². The zero-order valence-corrected chi connectivity index (χ0v) is 12.9. The maximum atomic E-state index is 12.0. The lowest BCUT2D eigenvalue weighted by molar-refractivity contribution is 0.0941. The van der Waals surface area contributed by atoms with Gasteiger partial charge in [-0.15, -0.1) is 12.4 Å². The summed E-state index contributed by atoms with van der Waals surface area (Å²) < 4.78 is 0. The average molecular weight is 297 g/mol. The van der Waals surface area contributed by atoms with Gasteiger partial charge in [0.25, 0.3) is 5.91 Å². The van der Waals surface area contributed by atoms with Crippen LogP contribution in [0, 0.1) is 11.8 Å². The van der Waals surface area contributed by atoms with E-state index < -0.39 is 0 Å². The van der Waals surface area contributed by atoms with Crippen LogP contribution >= 0.6 is 12.4 Å². The van der Waals surface area contributed by atoms with Crippen LogP contribution in [0.5, 0.6) is 0 Å². The second-order valence-corrected chi connectivity index (χ2v) is 5.63. The number of nitrogens with one attached hydrogen (secondary N) is 1. The number of amides is 1. The SMILES string of the molecule is CCC1CCC(CNC(=O)c2cccc(N)c2)CC1.Cl. The van der Waals surface area contributed by atoms with E-state index in [1.807, 2.05) is 6.07 Å². The largest absolute Gasteiger partial charge is 0.399 e. The molecule has 0 spiro atoms. The number of rotatable bonds is 4. The molecule has 0 heterocycles. The molecular weight excluding hydrogens is 272 g/mol. The third-order valence-corrected chi connectivity index (χ3v) is 4.24. The van der Waals surface area contributed by atoms with Crippen molar-refractivity contribution in [2.24, 2.45) is 11.8 Å². The standard InChI is InChI=1S/C16H24N2O.ClH/c1-2-12-6-8-13(9-7-12)11-18-16(19)14-4-3-5-15(17)10-14;/h3-5,10,12-13H,2,6-9,11,17H2,1H3,(H,18,19);1H. The first-order valence-electron chi connectivity index (χ1n) is 7.32. The fraction of sp³-hybridized carbons (Fsp3) is 0.562. The monoisotopic (exact) mass is 296 g/mol. The zero-order valence-electron chi connectivity index (χ0n) is 12.1. The van der Waals surface area contributed by atoms with Gasteiger partial charge in [-0.2, -0.15) is 0 Å². The van der Waals surface area contributed by atoms with Gasteiger partial charge in [-0.3, -0.25) is 4.79 Å². The molecule has 20 heavy (non-hydrogen) atoms. The van der Waals surface area contributed by atoms with E-state index in [4.69, 9.17) is 5.73 Å². The molecule has 0 bridgehead atoms. The molecule has 1 saturated carbocycles. The molecule has 0 aromatic heterocycles. The first kappa shape index (κ1) is 16.8. The van der Waals surface area contributed by atoms with Crippen LogP contribution in [0.25, 0.3) is 0 Å². The second-order valence-electron chi connectivity index (χ2n) is 5.63. The number of anilines is 1. The van der Waals surface area contributed by atoms with Crippen LogP contribution < -0.4 is 11.1 Å². The molecule has 1 aromatic rings. The number of carbonyl (C=O) groups is 1. The molecular formula is C16H25ClN2O. The highest BCUT2D eigenvalue weighted by Crippen LogP contribution is 2.30. The van der Waals surface area contributed by atoms with Crippen LogP contribution in [0.2, 0.25) is 0 Å². The number of hydrogen-bond donors (Lipinski definition) is 2. The van der Waals surface area contributed by atoms with Gasteiger partial charge in [0.1, 0.15) is 0 Å². The molecule has 0 radical (unpaired) electrons. The molecule has 1 aromatic carbocycles. The number of hydrogen-bond acceptors (Lipinski definition) is 2. The Balaban J connectivity index is 0.00000200. The minimum Gasteiger partial charge on any atom is -0.399 e. The minimum absolute atomic E-state index is 0. The van der Waals surface area contributed by atoms with Crippen molar-refractivity contribution in [2.75, 3.05) is 12.3 Å². The van der Waals surface area contributed by atoms with Gasteiger partial charge in [-0.05, 0) is 42.9 Å². The van der Waals surface area contributed by atoms with Crippen LogP contribution in [-0.4, -0.2) is 12.5 Å². The van der Waals surface area contributed by atoms with Gasteiger partial charge in [-0.25, -0.2) is 0 Å². The summed E-state index contributed by atoms with van der Waals surface area (Å²) in [5.74, 6) is 1.54. The fourth-order valence-electron chi connectivity index (χ4n) is 2.86. The van der Waals surface area contributed by atoms with Crippen LogP contribution in [0.3, 0.4) is 0 Å². The Bertz CT molecular complexity index is 428. The minimum atomic E-state index is -0.00934. The predicted molar refractivity (Wildman–Crippen MR) is 86.2 cm³/mol. The number of carbonyl (C=O) groups excluding carboxylic acids is 1. The Kier molecular flexibility index (Phi) is 6.86. The maximum absolute atomic E-state index is 12.0. The van der Waals surface area contributed by atoms with E-state index in [0.717, 1.165) is 12.5 Å². The summed E-state index contributed by atoms with van der Waals surface area (Å²) >= 11 is 0. The summed E-state index contributed by atoms with van der Waals surface area (Å²) in [7, 11) is 0. The third kappa shape index (κ3) is 4.71. The van der Waals surface area contributed by atoms with Gasteiger partial charge in [0.05, 0.1) is 0 Å². The van der Waals surface area contributed by atoms with Crippen LogP contribution in [0.4, 0.5) is 5.69 Å². The third-order valence-electron chi connectivity index (χ3n) is 4.24. The zero-order chi connectivity index (χ0) is 13.7. The normalized spacial score (nSPS) is 21.9. The second kappa shape index (κ2) is 8.15. The highest BCUT2D eigenvalue weighted by atomic mass is 35.5. The lowest BCUT2D eigenvalue weighted by Gasteiger charge is -2.27. The molecule has 1 fully saturated rings. The average Bonchev–Trinajstić information content (AvgIpc) is 2.45. The molecule has 1 aliphatic rings. The van der Waals surface area contributed by atoms with E-state index in [0.29, 0.717) is 17.2 Å². The van der Waals surface area contributed by atoms with E-state index in [-0.39, 0.29) is 18.3 Å². The first-order chi connectivity index (χ1) is 9.19. The van der Waals surface area contributed by atoms with E-state index >= 15 is 0 Å². The number of nitrogen functional groups attached to an aromatic ring is 1. The van der Waals surface area contributed by atoms with Crippen LogP contribution in [0.1, 0.15) is 49.4 Å². The Labute approximate surface area is 127 Å². The molecule has 3 N–H and O–H groups in total. The lowest BCUT2D eigenvalue weighted by Crippen LogP contribution is -2.31. The topological polar surface area (TPSA) is 55.1 Å². The number of halogens is 1. The summed E-state index contributed by atoms with van der Waals surface area (Å²) in [6.45, 7) is 3.07. The van der Waals surface area contributed by atoms with E-state index in [1.165, 1.54) is 32.1 Å². The number of nitrogens with two attached hydrogens (primary N) is 1. The Morgan fingerprint density at radius 1 is 1.25 bits per heavy atom. The molecule has 1 aliphatic carbocycles. The van der Waals surface area contributed by atoms with E-state index in [1.54, 1.807) is 18.2 Å². The number of benzene rings is 1. The fourth-order valence-corrected chi connectivity index (χ4v) is 2.86. The molecule has 0 aliphatic heterocycles. The van der Waals surface area contributed by atoms with Crippen molar-refractivity contribution in [2.45, 2.75) is 39.0 Å². The highest BCUT2D eigenvalue weighted by Gasteiger charge is 2.20. The van der Waals surface area contributed by atoms with E-state index in [2.05, 4.69) is 12.2 Å². The van der Waals surface area contributed by atoms with Gasteiger partial charge < -0.3 is 11.1 Å². The summed E-state index contributed by atoms with van der Waals surface area (Å²) in [5, 5.41) is 3.03. The first-order valence-corrected chi connectivity index (χ1v) is 7.32. The quantitative estimate of drug-likeness (QED) is 0.834. The molecule has 4 heteroatoms.